The van der Waals surface area contributed by atoms with E-state index in [1.807, 2.05) is 6.07 Å². The first-order valence-corrected chi connectivity index (χ1v) is 14.8. The highest BCUT2D eigenvalue weighted by atomic mass is 35.5. The Bertz CT molecular complexity index is 1400. The molecule has 5 rings (SSSR count). The highest BCUT2D eigenvalue weighted by Crippen LogP contribution is 2.55. The standard InChI is InChI=1S/C34H39ClFNO4/c1-7-12-37-24-15-33(2,3)17-26(38)30(24)29(31-25(37)16-34(4,5)18-27(31)39)21-13-23(35)32(28(14-21)40-6)41-19-20-8-10-22(36)11-9-20/h8-11,13-14,29H,7,12,15-19H2,1-6H3. The van der Waals surface area contributed by atoms with Crippen LogP contribution in [0.15, 0.2) is 58.9 Å². The van der Waals surface area contributed by atoms with E-state index in [9.17, 15) is 14.0 Å². The molecule has 0 unspecified atom stereocenters. The normalized spacial score (nSPS) is 20.2. The quantitative estimate of drug-likeness (QED) is 0.331. The van der Waals surface area contributed by atoms with Crippen molar-refractivity contribution in [2.24, 2.45) is 10.8 Å². The van der Waals surface area contributed by atoms with Crippen LogP contribution in [0.4, 0.5) is 4.39 Å². The number of hydrogen-bond donors (Lipinski definition) is 0. The van der Waals surface area contributed by atoms with E-state index in [-0.39, 0.29) is 34.8 Å². The molecule has 218 valence electrons. The highest BCUT2D eigenvalue weighted by molar-refractivity contribution is 6.32. The Morgan fingerprint density at radius 3 is 2.00 bits per heavy atom. The first-order chi connectivity index (χ1) is 19.3. The summed E-state index contributed by atoms with van der Waals surface area (Å²) in [6.07, 6.45) is 3.28. The van der Waals surface area contributed by atoms with Crippen molar-refractivity contribution < 1.29 is 23.5 Å². The van der Waals surface area contributed by atoms with Crippen molar-refractivity contribution in [2.45, 2.75) is 79.2 Å². The van der Waals surface area contributed by atoms with Gasteiger partial charge in [0, 0.05) is 47.8 Å². The van der Waals surface area contributed by atoms with Crippen LogP contribution < -0.4 is 9.47 Å². The SMILES string of the molecule is CCCN1C2=C(C(=O)CC(C)(C)C2)C(c2cc(Cl)c(OCc3ccc(F)cc3)c(OC)c2)C2=C1CC(C)(C)CC2=O. The molecule has 1 aliphatic heterocycles. The summed E-state index contributed by atoms with van der Waals surface area (Å²) in [5, 5.41) is 0.328. The summed E-state index contributed by atoms with van der Waals surface area (Å²) in [4.78, 5) is 30.2. The lowest BCUT2D eigenvalue weighted by atomic mass is 9.63. The minimum absolute atomic E-state index is 0.0817. The van der Waals surface area contributed by atoms with Gasteiger partial charge in [-0.1, -0.05) is 58.4 Å². The molecule has 0 bridgehead atoms. The monoisotopic (exact) mass is 579 g/mol. The van der Waals surface area contributed by atoms with Gasteiger partial charge in [-0.15, -0.1) is 0 Å². The molecule has 2 aliphatic carbocycles. The van der Waals surface area contributed by atoms with Gasteiger partial charge in [-0.2, -0.15) is 0 Å². The number of ketones is 2. The molecule has 1 heterocycles. The minimum atomic E-state index is -0.516. The van der Waals surface area contributed by atoms with Crippen LogP contribution in [0.2, 0.25) is 5.02 Å². The molecule has 0 aromatic heterocycles. The van der Waals surface area contributed by atoms with Gasteiger partial charge in [0.15, 0.2) is 23.1 Å². The van der Waals surface area contributed by atoms with Crippen LogP contribution in [-0.4, -0.2) is 30.1 Å². The van der Waals surface area contributed by atoms with Crippen LogP contribution in [0.25, 0.3) is 0 Å². The number of allylic oxidation sites excluding steroid dienone is 4. The van der Waals surface area contributed by atoms with Crippen LogP contribution in [-0.2, 0) is 16.2 Å². The Morgan fingerprint density at radius 2 is 1.49 bits per heavy atom. The van der Waals surface area contributed by atoms with Crippen molar-refractivity contribution in [3.8, 4) is 11.5 Å². The van der Waals surface area contributed by atoms with Crippen molar-refractivity contribution >= 4 is 23.2 Å². The Labute approximate surface area is 247 Å². The average molecular weight is 580 g/mol. The van der Waals surface area contributed by atoms with Crippen molar-refractivity contribution in [3.05, 3.63) is 80.9 Å². The Balaban J connectivity index is 1.65. The fraction of sp³-hybridized carbons (Fsp3) is 0.471. The maximum absolute atomic E-state index is 13.9. The molecular formula is C34H39ClFNO4. The summed E-state index contributed by atoms with van der Waals surface area (Å²) in [5.41, 5.74) is 4.68. The van der Waals surface area contributed by atoms with Gasteiger partial charge in [0.05, 0.1) is 12.1 Å². The molecule has 0 N–H and O–H groups in total. The predicted molar refractivity (Wildman–Crippen MR) is 159 cm³/mol. The number of nitrogens with zero attached hydrogens (tertiary/aromatic N) is 1. The molecule has 5 nitrogen and oxygen atoms in total. The fourth-order valence-corrected chi connectivity index (χ4v) is 6.93. The van der Waals surface area contributed by atoms with Crippen molar-refractivity contribution in [1.82, 2.24) is 4.90 Å². The van der Waals surface area contributed by atoms with Crippen molar-refractivity contribution in [3.63, 3.8) is 0 Å². The molecule has 0 radical (unpaired) electrons. The molecule has 0 saturated carbocycles. The highest BCUT2D eigenvalue weighted by Gasteiger charge is 2.49. The zero-order valence-corrected chi connectivity index (χ0v) is 25.6. The van der Waals surface area contributed by atoms with Crippen LogP contribution in [0, 0.1) is 16.6 Å². The molecule has 0 amide bonds. The number of benzene rings is 2. The second-order valence-corrected chi connectivity index (χ2v) is 13.5. The number of carbonyl (C=O) groups excluding carboxylic acids is 2. The molecule has 2 aromatic rings. The van der Waals surface area contributed by atoms with E-state index in [1.54, 1.807) is 25.3 Å². The lowest BCUT2D eigenvalue weighted by Gasteiger charge is -2.49. The summed E-state index contributed by atoms with van der Waals surface area (Å²) in [6.45, 7) is 11.6. The van der Waals surface area contributed by atoms with Crippen LogP contribution >= 0.6 is 11.6 Å². The van der Waals surface area contributed by atoms with E-state index in [0.717, 1.165) is 48.3 Å². The third-order valence-electron chi connectivity index (χ3n) is 8.35. The third-order valence-corrected chi connectivity index (χ3v) is 8.63. The van der Waals surface area contributed by atoms with Crippen LogP contribution in [0.3, 0.4) is 0 Å². The number of hydrogen-bond acceptors (Lipinski definition) is 5. The molecule has 0 fully saturated rings. The molecular weight excluding hydrogens is 541 g/mol. The summed E-state index contributed by atoms with van der Waals surface area (Å²) in [6, 6.07) is 9.73. The van der Waals surface area contributed by atoms with Crippen LogP contribution in [0.1, 0.15) is 83.8 Å². The third kappa shape index (κ3) is 5.68. The summed E-state index contributed by atoms with van der Waals surface area (Å²) < 4.78 is 25.1. The lowest BCUT2D eigenvalue weighted by molar-refractivity contribution is -0.119. The Kier molecular flexibility index (Phi) is 7.84. The number of ether oxygens (including phenoxy) is 2. The maximum Gasteiger partial charge on any atom is 0.180 e. The Morgan fingerprint density at radius 1 is 0.927 bits per heavy atom. The van der Waals surface area contributed by atoms with Gasteiger partial charge in [-0.25, -0.2) is 4.39 Å². The smallest absolute Gasteiger partial charge is 0.180 e. The average Bonchev–Trinajstić information content (AvgIpc) is 2.88. The largest absolute Gasteiger partial charge is 0.493 e. The predicted octanol–water partition coefficient (Wildman–Crippen LogP) is 8.16. The number of halogens is 2. The van der Waals surface area contributed by atoms with E-state index in [0.29, 0.717) is 40.5 Å². The van der Waals surface area contributed by atoms with Crippen molar-refractivity contribution in [1.29, 1.82) is 0 Å². The minimum Gasteiger partial charge on any atom is -0.493 e. The van der Waals surface area contributed by atoms with Crippen LogP contribution in [0.5, 0.6) is 11.5 Å². The zero-order chi connectivity index (χ0) is 29.7. The van der Waals surface area contributed by atoms with E-state index >= 15 is 0 Å². The fourth-order valence-electron chi connectivity index (χ4n) is 6.66. The number of Topliss-reactive ketones (excluding diaryl/α,β-unsaturated/α-hetero) is 2. The molecule has 3 aliphatic rings. The van der Waals surface area contributed by atoms with Gasteiger partial charge in [0.2, 0.25) is 0 Å². The van der Waals surface area contributed by atoms with Gasteiger partial charge in [-0.05, 0) is 65.5 Å². The first kappa shape index (κ1) is 29.4. The number of rotatable bonds is 7. The topological polar surface area (TPSA) is 55.8 Å². The summed E-state index contributed by atoms with van der Waals surface area (Å²) in [7, 11) is 1.54. The van der Waals surface area contributed by atoms with Gasteiger partial charge in [-0.3, -0.25) is 9.59 Å². The van der Waals surface area contributed by atoms with E-state index < -0.39 is 5.92 Å². The van der Waals surface area contributed by atoms with Gasteiger partial charge in [0.25, 0.3) is 0 Å². The second kappa shape index (κ2) is 10.9. The molecule has 2 aromatic carbocycles. The molecule has 0 spiro atoms. The van der Waals surface area contributed by atoms with Crippen molar-refractivity contribution in [2.75, 3.05) is 13.7 Å². The Hall–Kier alpha value is -3.12. The van der Waals surface area contributed by atoms with Gasteiger partial charge >= 0.3 is 0 Å². The number of carbonyl (C=O) groups is 2. The second-order valence-electron chi connectivity index (χ2n) is 13.1. The van der Waals surface area contributed by atoms with E-state index in [2.05, 4.69) is 39.5 Å². The summed E-state index contributed by atoms with van der Waals surface area (Å²) >= 11 is 6.84. The molecule has 41 heavy (non-hydrogen) atoms. The summed E-state index contributed by atoms with van der Waals surface area (Å²) in [5.74, 6) is 0.111. The van der Waals surface area contributed by atoms with Gasteiger partial charge < -0.3 is 14.4 Å². The lowest BCUT2D eigenvalue weighted by Crippen LogP contribution is -2.44. The van der Waals surface area contributed by atoms with E-state index in [4.69, 9.17) is 21.1 Å². The molecule has 0 atom stereocenters. The first-order valence-electron chi connectivity index (χ1n) is 14.4. The molecule has 7 heteroatoms. The van der Waals surface area contributed by atoms with Gasteiger partial charge in [0.1, 0.15) is 12.4 Å². The zero-order valence-electron chi connectivity index (χ0n) is 24.8. The number of methoxy groups -OCH3 is 1. The maximum atomic E-state index is 13.9. The van der Waals surface area contributed by atoms with E-state index in [1.165, 1.54) is 12.1 Å². The molecule has 0 saturated heterocycles.